The minimum atomic E-state index is -0.999. The van der Waals surface area contributed by atoms with E-state index in [0.29, 0.717) is 55.0 Å². The number of aromatic nitrogens is 2. The lowest BCUT2D eigenvalue weighted by atomic mass is 10.2. The molecule has 0 atom stereocenters. The molecule has 0 radical (unpaired) electrons. The van der Waals surface area contributed by atoms with Gasteiger partial charge in [0.2, 0.25) is 0 Å². The van der Waals surface area contributed by atoms with E-state index in [1.54, 1.807) is 73.7 Å². The number of hydrogen-bond acceptors (Lipinski definition) is 5. The standard InChI is InChI=1S/C18H15Cl2NO3.C16H11Cl2NO3.C3H8/c1-2-23-18(22)17-8-11-6-7-12(9-16(11)21-17)24-10-13-14(19)4-3-5-15(13)20;17-12-2-1-3-13(18)11(12)8-22-10-5-4-9-6-15(16(20)21)19-14(9)7-10;1-3-2/h3-9,21H,2,10H2,1H3;1-7,19H,8H2,(H,20,21);3H2,1-2H3. The molecule has 0 saturated heterocycles. The van der Waals surface area contributed by atoms with Crippen molar-refractivity contribution in [1.82, 2.24) is 9.97 Å². The van der Waals surface area contributed by atoms with Crippen LogP contribution in [0.5, 0.6) is 11.5 Å². The number of hydrogen-bond donors (Lipinski definition) is 3. The van der Waals surface area contributed by atoms with Crippen molar-refractivity contribution in [3.8, 4) is 11.5 Å². The first-order valence-electron chi connectivity index (χ1n) is 15.3. The SMILES string of the molecule is CCC.CCOC(=O)c1cc2ccc(OCc3c(Cl)cccc3Cl)cc2[nH]1.O=C(O)c1cc2ccc(OCc3c(Cl)cccc3Cl)cc2[nH]1. The monoisotopic (exact) mass is 742 g/mol. The van der Waals surface area contributed by atoms with Crippen molar-refractivity contribution in [3.63, 3.8) is 0 Å². The molecule has 0 aliphatic heterocycles. The molecule has 0 unspecified atom stereocenters. The Balaban J connectivity index is 0.000000205. The van der Waals surface area contributed by atoms with Gasteiger partial charge in [-0.25, -0.2) is 9.59 Å². The van der Waals surface area contributed by atoms with Gasteiger partial charge in [-0.05, 0) is 67.6 Å². The summed E-state index contributed by atoms with van der Waals surface area (Å²) >= 11 is 24.5. The van der Waals surface area contributed by atoms with Crippen LogP contribution in [0.3, 0.4) is 0 Å². The van der Waals surface area contributed by atoms with Crippen molar-refractivity contribution >= 4 is 80.1 Å². The Hall–Kier alpha value is -4.34. The summed E-state index contributed by atoms with van der Waals surface area (Å²) in [5.74, 6) is -0.126. The summed E-state index contributed by atoms with van der Waals surface area (Å²) in [4.78, 5) is 28.6. The third-order valence-corrected chi connectivity index (χ3v) is 8.22. The summed E-state index contributed by atoms with van der Waals surface area (Å²) in [6, 6.07) is 24.8. The van der Waals surface area contributed by atoms with Gasteiger partial charge in [-0.15, -0.1) is 0 Å². The van der Waals surface area contributed by atoms with Gasteiger partial charge in [0, 0.05) is 65.2 Å². The van der Waals surface area contributed by atoms with Crippen LogP contribution in [0, 0.1) is 0 Å². The maximum absolute atomic E-state index is 11.8. The van der Waals surface area contributed by atoms with E-state index in [-0.39, 0.29) is 24.9 Å². The molecular formula is C37H34Cl4N2O6. The Bertz CT molecular complexity index is 2020. The van der Waals surface area contributed by atoms with Crippen molar-refractivity contribution in [2.45, 2.75) is 40.4 Å². The highest BCUT2D eigenvalue weighted by atomic mass is 35.5. The number of ether oxygens (including phenoxy) is 3. The number of H-pyrrole nitrogens is 2. The van der Waals surface area contributed by atoms with Crippen molar-refractivity contribution in [2.24, 2.45) is 0 Å². The average molecular weight is 744 g/mol. The first-order chi connectivity index (χ1) is 23.5. The maximum atomic E-state index is 11.8. The second kappa shape index (κ2) is 17.9. The number of carboxylic acid groups (broad SMARTS) is 1. The van der Waals surface area contributed by atoms with E-state index in [0.717, 1.165) is 21.9 Å². The van der Waals surface area contributed by atoms with Gasteiger partial charge in [0.15, 0.2) is 0 Å². The molecule has 6 rings (SSSR count). The van der Waals surface area contributed by atoms with Crippen molar-refractivity contribution in [3.05, 3.63) is 128 Å². The molecule has 0 aliphatic rings. The Labute approximate surface area is 303 Å². The molecule has 0 fully saturated rings. The molecule has 4 aromatic carbocycles. The van der Waals surface area contributed by atoms with Crippen LogP contribution < -0.4 is 9.47 Å². The number of fused-ring (bicyclic) bond motifs is 2. The Morgan fingerprint density at radius 1 is 0.633 bits per heavy atom. The predicted molar refractivity (Wildman–Crippen MR) is 197 cm³/mol. The minimum absolute atomic E-state index is 0.140. The van der Waals surface area contributed by atoms with Crippen LogP contribution in [-0.4, -0.2) is 33.6 Å². The highest BCUT2D eigenvalue weighted by molar-refractivity contribution is 6.36. The summed E-state index contributed by atoms with van der Waals surface area (Å²) in [6.45, 7) is 6.85. The largest absolute Gasteiger partial charge is 0.489 e. The van der Waals surface area contributed by atoms with E-state index < -0.39 is 5.97 Å². The predicted octanol–water partition coefficient (Wildman–Crippen LogP) is 11.4. The van der Waals surface area contributed by atoms with Gasteiger partial charge in [0.25, 0.3) is 0 Å². The summed E-state index contributed by atoms with van der Waals surface area (Å²) in [7, 11) is 0. The molecule has 2 heterocycles. The van der Waals surface area contributed by atoms with E-state index >= 15 is 0 Å². The van der Waals surface area contributed by atoms with E-state index in [1.165, 1.54) is 6.42 Å². The van der Waals surface area contributed by atoms with Crippen molar-refractivity contribution in [2.75, 3.05) is 6.61 Å². The van der Waals surface area contributed by atoms with Crippen LogP contribution >= 0.6 is 46.4 Å². The second-order valence-electron chi connectivity index (χ2n) is 10.6. The van der Waals surface area contributed by atoms with Crippen LogP contribution in [-0.2, 0) is 18.0 Å². The summed E-state index contributed by atoms with van der Waals surface area (Å²) in [5, 5.41) is 12.9. The molecule has 8 nitrogen and oxygen atoms in total. The highest BCUT2D eigenvalue weighted by Crippen LogP contribution is 2.29. The number of aromatic carboxylic acids is 1. The fraction of sp³-hybridized carbons (Fsp3) is 0.189. The normalized spacial score (nSPS) is 10.5. The van der Waals surface area contributed by atoms with Crippen LogP contribution in [0.1, 0.15) is 59.3 Å². The molecule has 0 bridgehead atoms. The van der Waals surface area contributed by atoms with Gasteiger partial charge >= 0.3 is 11.9 Å². The van der Waals surface area contributed by atoms with E-state index in [1.807, 2.05) is 18.2 Å². The van der Waals surface area contributed by atoms with Gasteiger partial charge in [-0.3, -0.25) is 0 Å². The third kappa shape index (κ3) is 10.1. The van der Waals surface area contributed by atoms with Gasteiger partial charge < -0.3 is 29.3 Å². The quantitative estimate of drug-likeness (QED) is 0.127. The number of nitrogens with one attached hydrogen (secondary N) is 2. The fourth-order valence-corrected chi connectivity index (χ4v) is 5.49. The third-order valence-electron chi connectivity index (χ3n) is 6.80. The summed E-state index contributed by atoms with van der Waals surface area (Å²) in [5.41, 5.74) is 3.49. The lowest BCUT2D eigenvalue weighted by molar-refractivity contribution is 0.0520. The average Bonchev–Trinajstić information content (AvgIpc) is 3.70. The zero-order valence-electron chi connectivity index (χ0n) is 26.9. The zero-order valence-corrected chi connectivity index (χ0v) is 29.9. The molecule has 12 heteroatoms. The molecule has 0 saturated carbocycles. The number of carbonyl (C=O) groups is 2. The first kappa shape index (κ1) is 37.5. The van der Waals surface area contributed by atoms with Crippen molar-refractivity contribution in [1.29, 1.82) is 0 Å². The summed E-state index contributed by atoms with van der Waals surface area (Å²) < 4.78 is 16.5. The van der Waals surface area contributed by atoms with Gasteiger partial charge in [0.1, 0.15) is 36.1 Å². The Morgan fingerprint density at radius 2 is 1.04 bits per heavy atom. The van der Waals surface area contributed by atoms with Gasteiger partial charge in [-0.2, -0.15) is 0 Å². The topological polar surface area (TPSA) is 114 Å². The van der Waals surface area contributed by atoms with Crippen LogP contribution in [0.2, 0.25) is 20.1 Å². The molecule has 3 N–H and O–H groups in total. The van der Waals surface area contributed by atoms with E-state index in [2.05, 4.69) is 23.8 Å². The molecule has 0 spiro atoms. The number of rotatable bonds is 9. The molecular weight excluding hydrogens is 710 g/mol. The van der Waals surface area contributed by atoms with Crippen LogP contribution in [0.15, 0.2) is 84.9 Å². The van der Waals surface area contributed by atoms with E-state index in [9.17, 15) is 9.59 Å². The highest BCUT2D eigenvalue weighted by Gasteiger charge is 2.12. The smallest absolute Gasteiger partial charge is 0.354 e. The number of carbonyl (C=O) groups excluding carboxylic acids is 1. The number of halogens is 4. The van der Waals surface area contributed by atoms with Crippen LogP contribution in [0.4, 0.5) is 0 Å². The lowest BCUT2D eigenvalue weighted by Crippen LogP contribution is -2.04. The number of carboxylic acids is 1. The summed E-state index contributed by atoms with van der Waals surface area (Å²) in [6.07, 6.45) is 1.25. The minimum Gasteiger partial charge on any atom is -0.489 e. The van der Waals surface area contributed by atoms with E-state index in [4.69, 9.17) is 65.7 Å². The Kier molecular flexibility index (Phi) is 13.7. The molecule has 6 aromatic rings. The van der Waals surface area contributed by atoms with Crippen LogP contribution in [0.25, 0.3) is 21.8 Å². The second-order valence-corrected chi connectivity index (χ2v) is 12.2. The molecule has 49 heavy (non-hydrogen) atoms. The molecule has 0 amide bonds. The van der Waals surface area contributed by atoms with Gasteiger partial charge in [-0.1, -0.05) is 78.8 Å². The van der Waals surface area contributed by atoms with Crippen molar-refractivity contribution < 1.29 is 28.9 Å². The molecule has 2 aromatic heterocycles. The number of aromatic amines is 2. The fourth-order valence-electron chi connectivity index (χ4n) is 4.48. The van der Waals surface area contributed by atoms with Gasteiger partial charge in [0.05, 0.1) is 6.61 Å². The zero-order chi connectivity index (χ0) is 35.5. The number of esters is 1. The Morgan fingerprint density at radius 3 is 1.45 bits per heavy atom. The molecule has 256 valence electrons. The maximum Gasteiger partial charge on any atom is 0.354 e. The molecule has 0 aliphatic carbocycles. The first-order valence-corrected chi connectivity index (χ1v) is 16.8. The number of benzene rings is 4. The lowest BCUT2D eigenvalue weighted by Gasteiger charge is -2.09.